The number of benzene rings is 2. The maximum Gasteiger partial charge on any atom is 0.240 e. The van der Waals surface area contributed by atoms with Gasteiger partial charge in [0.25, 0.3) is 0 Å². The van der Waals surface area contributed by atoms with Gasteiger partial charge in [0.05, 0.1) is 5.41 Å². The van der Waals surface area contributed by atoms with Gasteiger partial charge in [0.2, 0.25) is 11.8 Å². The molecule has 2 amide bonds. The summed E-state index contributed by atoms with van der Waals surface area (Å²) in [7, 11) is 0. The Balaban J connectivity index is 1.54. The number of hydrogen-bond acceptors (Lipinski definition) is 3. The quantitative estimate of drug-likeness (QED) is 0.591. The van der Waals surface area contributed by atoms with Crippen LogP contribution in [0.15, 0.2) is 46.9 Å². The number of amides is 2. The summed E-state index contributed by atoms with van der Waals surface area (Å²) in [6, 6.07) is 9.99. The number of piperidine rings is 3. The predicted octanol–water partition coefficient (Wildman–Crippen LogP) is 3.78. The van der Waals surface area contributed by atoms with E-state index in [1.165, 1.54) is 12.1 Å². The van der Waals surface area contributed by atoms with Crippen molar-refractivity contribution in [1.82, 2.24) is 9.80 Å². The zero-order valence-corrected chi connectivity index (χ0v) is 20.4. The van der Waals surface area contributed by atoms with Crippen molar-refractivity contribution < 1.29 is 18.4 Å². The van der Waals surface area contributed by atoms with E-state index in [9.17, 15) is 18.4 Å². The molecule has 180 valence electrons. The zero-order chi connectivity index (χ0) is 24.0. The van der Waals surface area contributed by atoms with Gasteiger partial charge in [-0.15, -0.1) is 0 Å². The van der Waals surface area contributed by atoms with Gasteiger partial charge >= 0.3 is 0 Å². The molecule has 6 rings (SSSR count). The van der Waals surface area contributed by atoms with Crippen molar-refractivity contribution in [2.75, 3.05) is 19.6 Å². The van der Waals surface area contributed by atoms with Crippen LogP contribution in [0.5, 0.6) is 0 Å². The molecule has 2 N–H and O–H groups in total. The van der Waals surface area contributed by atoms with Gasteiger partial charge in [-0.25, -0.2) is 8.78 Å². The van der Waals surface area contributed by atoms with Crippen molar-refractivity contribution in [3.05, 3.63) is 69.7 Å². The first-order valence-electron chi connectivity index (χ1n) is 11.8. The molecule has 2 bridgehead atoms. The number of nitrogens with zero attached hydrogens (tertiary/aromatic N) is 2. The number of carbonyl (C=O) groups excluding carboxylic acids is 2. The number of nitrogens with two attached hydrogens (primary N) is 1. The molecule has 2 atom stereocenters. The number of halogens is 3. The average Bonchev–Trinajstić information content (AvgIpc) is 3.62. The minimum atomic E-state index is -1.07. The third-order valence-corrected chi connectivity index (χ3v) is 8.35. The van der Waals surface area contributed by atoms with E-state index in [0.717, 1.165) is 42.0 Å². The van der Waals surface area contributed by atoms with Gasteiger partial charge < -0.3 is 15.5 Å². The van der Waals surface area contributed by atoms with Crippen molar-refractivity contribution in [1.29, 1.82) is 0 Å². The van der Waals surface area contributed by atoms with Gasteiger partial charge in [-0.1, -0.05) is 34.1 Å². The van der Waals surface area contributed by atoms with Crippen LogP contribution < -0.4 is 5.73 Å². The minimum absolute atomic E-state index is 0.163. The van der Waals surface area contributed by atoms with E-state index < -0.39 is 29.0 Å². The lowest BCUT2D eigenvalue weighted by Crippen LogP contribution is -2.65. The Morgan fingerprint density at radius 1 is 1.12 bits per heavy atom. The molecule has 34 heavy (non-hydrogen) atoms. The van der Waals surface area contributed by atoms with E-state index in [2.05, 4.69) is 20.8 Å². The Bertz CT molecular complexity index is 1100. The summed E-state index contributed by atoms with van der Waals surface area (Å²) in [5.74, 6) is -1.96. The van der Waals surface area contributed by atoms with Crippen molar-refractivity contribution >= 4 is 27.7 Å². The molecule has 4 aliphatic rings. The Kier molecular flexibility index (Phi) is 6.23. The van der Waals surface area contributed by atoms with Gasteiger partial charge in [0, 0.05) is 35.1 Å². The van der Waals surface area contributed by atoms with Crippen LogP contribution in [0.2, 0.25) is 0 Å². The molecule has 5 nitrogen and oxygen atoms in total. The highest BCUT2D eigenvalue weighted by Gasteiger charge is 2.57. The standard InChI is InChI=1S/C26H28BrF2N3O2/c27-18-3-1-16(2-4-18)13-22(24(30)33)32(23-15-31-11-7-17(23)8-12-31)25(34)26(9-10-26)20-6-5-19(28)14-21(20)29/h1-6,14,17,22-23H,7-13,15H2,(H2,30,33)/t22-,23+/m0/s1. The Morgan fingerprint density at radius 2 is 1.79 bits per heavy atom. The molecule has 2 aromatic rings. The van der Waals surface area contributed by atoms with Crippen LogP contribution >= 0.6 is 15.9 Å². The van der Waals surface area contributed by atoms with Crippen LogP contribution in [0.4, 0.5) is 8.78 Å². The van der Waals surface area contributed by atoms with Gasteiger partial charge in [0.1, 0.15) is 17.7 Å². The summed E-state index contributed by atoms with van der Waals surface area (Å²) in [5.41, 5.74) is 5.96. The molecule has 0 unspecified atom stereocenters. The van der Waals surface area contributed by atoms with Gasteiger partial charge in [0.15, 0.2) is 0 Å². The average molecular weight is 532 g/mol. The SMILES string of the molecule is NC(=O)[C@H](Cc1ccc(Br)cc1)N(C(=O)C1(c2ccc(F)cc2F)CC1)[C@@H]1CN2CCC1CC2. The molecule has 3 aliphatic heterocycles. The number of fused-ring (bicyclic) bond motifs is 3. The fourth-order valence-corrected chi connectivity index (χ4v) is 6.06. The zero-order valence-electron chi connectivity index (χ0n) is 18.9. The second-order valence-electron chi connectivity index (χ2n) is 9.87. The maximum absolute atomic E-state index is 14.8. The third kappa shape index (κ3) is 4.26. The van der Waals surface area contributed by atoms with E-state index in [1.54, 1.807) is 4.90 Å². The fourth-order valence-electron chi connectivity index (χ4n) is 5.80. The van der Waals surface area contributed by atoms with Crippen LogP contribution in [0.3, 0.4) is 0 Å². The van der Waals surface area contributed by atoms with E-state index in [0.29, 0.717) is 25.8 Å². The van der Waals surface area contributed by atoms with Crippen molar-refractivity contribution in [2.24, 2.45) is 11.7 Å². The van der Waals surface area contributed by atoms with E-state index in [1.807, 2.05) is 24.3 Å². The van der Waals surface area contributed by atoms with Crippen LogP contribution in [-0.4, -0.2) is 53.3 Å². The summed E-state index contributed by atoms with van der Waals surface area (Å²) in [6.45, 7) is 2.65. The maximum atomic E-state index is 14.8. The fraction of sp³-hybridized carbons (Fsp3) is 0.462. The van der Waals surface area contributed by atoms with Gasteiger partial charge in [-0.3, -0.25) is 9.59 Å². The first kappa shape index (κ1) is 23.4. The highest BCUT2D eigenvalue weighted by atomic mass is 79.9. The van der Waals surface area contributed by atoms with Crippen LogP contribution in [0.1, 0.15) is 36.8 Å². The molecule has 3 saturated heterocycles. The van der Waals surface area contributed by atoms with Crippen molar-refractivity contribution in [3.8, 4) is 0 Å². The lowest BCUT2D eigenvalue weighted by atomic mass is 9.80. The normalized spacial score (nSPS) is 25.6. The topological polar surface area (TPSA) is 66.6 Å². The van der Waals surface area contributed by atoms with Crippen LogP contribution in [0.25, 0.3) is 0 Å². The minimum Gasteiger partial charge on any atom is -0.368 e. The first-order chi connectivity index (χ1) is 16.3. The molecule has 8 heteroatoms. The van der Waals surface area contributed by atoms with Gasteiger partial charge in [-0.05, 0) is 68.5 Å². The van der Waals surface area contributed by atoms with Crippen molar-refractivity contribution in [2.45, 2.75) is 49.6 Å². The molecule has 0 spiro atoms. The second-order valence-corrected chi connectivity index (χ2v) is 10.8. The molecule has 2 aromatic carbocycles. The predicted molar refractivity (Wildman–Crippen MR) is 128 cm³/mol. The van der Waals surface area contributed by atoms with Crippen molar-refractivity contribution in [3.63, 3.8) is 0 Å². The number of rotatable bonds is 7. The largest absolute Gasteiger partial charge is 0.368 e. The molecule has 1 aliphatic carbocycles. The second kappa shape index (κ2) is 9.04. The molecule has 3 heterocycles. The smallest absolute Gasteiger partial charge is 0.240 e. The molecular formula is C26H28BrF2N3O2. The van der Waals surface area contributed by atoms with E-state index in [4.69, 9.17) is 5.73 Å². The van der Waals surface area contributed by atoms with Crippen LogP contribution in [-0.2, 0) is 21.4 Å². The first-order valence-corrected chi connectivity index (χ1v) is 12.6. The molecular weight excluding hydrogens is 504 g/mol. The monoisotopic (exact) mass is 531 g/mol. The Morgan fingerprint density at radius 3 is 2.32 bits per heavy atom. The van der Waals surface area contributed by atoms with E-state index >= 15 is 0 Å². The highest BCUT2D eigenvalue weighted by molar-refractivity contribution is 9.10. The molecule has 1 saturated carbocycles. The lowest BCUT2D eigenvalue weighted by molar-refractivity contribution is -0.149. The van der Waals surface area contributed by atoms with Gasteiger partial charge in [-0.2, -0.15) is 0 Å². The number of primary amides is 1. The third-order valence-electron chi connectivity index (χ3n) is 7.83. The summed E-state index contributed by atoms with van der Waals surface area (Å²) < 4.78 is 29.4. The summed E-state index contributed by atoms with van der Waals surface area (Å²) >= 11 is 3.43. The van der Waals surface area contributed by atoms with Crippen LogP contribution in [0, 0.1) is 17.6 Å². The highest BCUT2D eigenvalue weighted by Crippen LogP contribution is 2.52. The Labute approximate surface area is 206 Å². The molecule has 0 radical (unpaired) electrons. The summed E-state index contributed by atoms with van der Waals surface area (Å²) in [5, 5.41) is 0. The number of hydrogen-bond donors (Lipinski definition) is 1. The Hall–Kier alpha value is -2.32. The lowest BCUT2D eigenvalue weighted by Gasteiger charge is -2.51. The summed E-state index contributed by atoms with van der Waals surface area (Å²) in [6.07, 6.45) is 3.14. The molecule has 4 fully saturated rings. The summed E-state index contributed by atoms with van der Waals surface area (Å²) in [4.78, 5) is 31.1. The number of carbonyl (C=O) groups is 2. The molecule has 0 aromatic heterocycles. The van der Waals surface area contributed by atoms with E-state index in [-0.39, 0.29) is 23.4 Å².